The molecule has 0 spiro atoms. The van der Waals surface area contributed by atoms with Crippen LogP contribution >= 0.6 is 0 Å². The average Bonchev–Trinajstić information content (AvgIpc) is 3.19. The second kappa shape index (κ2) is 8.10. The Hall–Kier alpha value is -1.46. The molecule has 1 saturated carbocycles. The SMILES string of the molecule is CCCCCCCCc1nnnn1C(CC(=O)O)C1CC1. The molecule has 0 aliphatic heterocycles. The summed E-state index contributed by atoms with van der Waals surface area (Å²) < 4.78 is 1.78. The minimum atomic E-state index is -0.770. The number of aryl methyl sites for hydroxylation is 1. The van der Waals surface area contributed by atoms with E-state index in [2.05, 4.69) is 22.4 Å². The van der Waals surface area contributed by atoms with Gasteiger partial charge in [0.1, 0.15) is 0 Å². The van der Waals surface area contributed by atoms with E-state index in [0.717, 1.165) is 31.5 Å². The van der Waals surface area contributed by atoms with Crippen molar-refractivity contribution in [3.8, 4) is 0 Å². The third-order valence-electron chi connectivity index (χ3n) is 4.18. The molecule has 1 aliphatic rings. The molecule has 1 heterocycles. The molecule has 0 bridgehead atoms. The molecular formula is C15H26N4O2. The van der Waals surface area contributed by atoms with E-state index in [0.29, 0.717) is 5.92 Å². The molecule has 6 nitrogen and oxygen atoms in total. The second-order valence-corrected chi connectivity index (χ2v) is 6.06. The molecule has 1 atom stereocenters. The van der Waals surface area contributed by atoms with Crippen LogP contribution in [0.15, 0.2) is 0 Å². The number of nitrogens with zero attached hydrogens (tertiary/aromatic N) is 4. The molecule has 21 heavy (non-hydrogen) atoms. The number of carboxylic acid groups (broad SMARTS) is 1. The maximum Gasteiger partial charge on any atom is 0.305 e. The molecule has 1 unspecified atom stereocenters. The van der Waals surface area contributed by atoms with Gasteiger partial charge in [-0.25, -0.2) is 4.68 Å². The minimum absolute atomic E-state index is 0.0624. The van der Waals surface area contributed by atoms with Gasteiger partial charge in [-0.1, -0.05) is 39.0 Å². The van der Waals surface area contributed by atoms with Crippen molar-refractivity contribution in [3.05, 3.63) is 5.82 Å². The summed E-state index contributed by atoms with van der Waals surface area (Å²) in [7, 11) is 0. The third-order valence-corrected chi connectivity index (χ3v) is 4.18. The van der Waals surface area contributed by atoms with Crippen molar-refractivity contribution < 1.29 is 9.90 Å². The second-order valence-electron chi connectivity index (χ2n) is 6.06. The fourth-order valence-corrected chi connectivity index (χ4v) is 2.81. The van der Waals surface area contributed by atoms with Crippen LogP contribution in [0.25, 0.3) is 0 Å². The first kappa shape index (κ1) is 15.9. The van der Waals surface area contributed by atoms with Gasteiger partial charge in [0.05, 0.1) is 12.5 Å². The topological polar surface area (TPSA) is 80.9 Å². The highest BCUT2D eigenvalue weighted by Gasteiger charge is 2.36. The van der Waals surface area contributed by atoms with Gasteiger partial charge in [0.2, 0.25) is 0 Å². The van der Waals surface area contributed by atoms with E-state index in [4.69, 9.17) is 5.11 Å². The van der Waals surface area contributed by atoms with Crippen molar-refractivity contribution in [1.29, 1.82) is 0 Å². The molecular weight excluding hydrogens is 268 g/mol. The molecule has 0 saturated heterocycles. The van der Waals surface area contributed by atoms with Gasteiger partial charge in [-0.2, -0.15) is 0 Å². The lowest BCUT2D eigenvalue weighted by molar-refractivity contribution is -0.138. The Morgan fingerprint density at radius 3 is 2.67 bits per heavy atom. The number of unbranched alkanes of at least 4 members (excludes halogenated alkanes) is 5. The smallest absolute Gasteiger partial charge is 0.305 e. The van der Waals surface area contributed by atoms with Crippen LogP contribution in [0.4, 0.5) is 0 Å². The number of tetrazole rings is 1. The summed E-state index contributed by atoms with van der Waals surface area (Å²) in [5.74, 6) is 0.518. The van der Waals surface area contributed by atoms with E-state index in [1.807, 2.05) is 0 Å². The largest absolute Gasteiger partial charge is 0.481 e. The number of rotatable bonds is 11. The standard InChI is InChI=1S/C15H26N4O2/c1-2-3-4-5-6-7-8-14-16-17-18-19(14)13(11-15(20)21)12-9-10-12/h12-13H,2-11H2,1H3,(H,20,21). The molecule has 0 aromatic carbocycles. The molecule has 0 radical (unpaired) electrons. The van der Waals surface area contributed by atoms with E-state index >= 15 is 0 Å². The van der Waals surface area contributed by atoms with Gasteiger partial charge < -0.3 is 5.11 Å². The van der Waals surface area contributed by atoms with Crippen LogP contribution in [0.5, 0.6) is 0 Å². The van der Waals surface area contributed by atoms with Gasteiger partial charge in [-0.15, -0.1) is 5.10 Å². The van der Waals surface area contributed by atoms with Crippen LogP contribution in [-0.2, 0) is 11.2 Å². The molecule has 1 fully saturated rings. The monoisotopic (exact) mass is 294 g/mol. The maximum absolute atomic E-state index is 11.0. The normalized spacial score (nSPS) is 16.0. The highest BCUT2D eigenvalue weighted by atomic mass is 16.4. The third kappa shape index (κ3) is 5.10. The average molecular weight is 294 g/mol. The molecule has 1 N–H and O–H groups in total. The molecule has 118 valence electrons. The van der Waals surface area contributed by atoms with Gasteiger partial charge >= 0.3 is 5.97 Å². The van der Waals surface area contributed by atoms with Crippen LogP contribution < -0.4 is 0 Å². The highest BCUT2D eigenvalue weighted by molar-refractivity contribution is 5.67. The summed E-state index contributed by atoms with van der Waals surface area (Å²) in [6.07, 6.45) is 10.6. The first-order valence-corrected chi connectivity index (χ1v) is 8.21. The Morgan fingerprint density at radius 2 is 2.00 bits per heavy atom. The predicted octanol–water partition coefficient (Wildman–Crippen LogP) is 3.00. The van der Waals surface area contributed by atoms with Crippen LogP contribution in [-0.4, -0.2) is 31.3 Å². The zero-order valence-electron chi connectivity index (χ0n) is 12.9. The van der Waals surface area contributed by atoms with Gasteiger partial charge in [0, 0.05) is 6.42 Å². The van der Waals surface area contributed by atoms with Gasteiger partial charge in [-0.3, -0.25) is 4.79 Å². The summed E-state index contributed by atoms with van der Waals surface area (Å²) in [6, 6.07) is -0.0624. The summed E-state index contributed by atoms with van der Waals surface area (Å²) in [5, 5.41) is 21.0. The van der Waals surface area contributed by atoms with E-state index in [1.165, 1.54) is 32.1 Å². The van der Waals surface area contributed by atoms with Crippen molar-refractivity contribution >= 4 is 5.97 Å². The number of carbonyl (C=O) groups is 1. The quantitative estimate of drug-likeness (QED) is 0.634. The zero-order chi connectivity index (χ0) is 15.1. The fourth-order valence-electron chi connectivity index (χ4n) is 2.81. The van der Waals surface area contributed by atoms with Crippen molar-refractivity contribution in [2.45, 2.75) is 77.2 Å². The van der Waals surface area contributed by atoms with Gasteiger partial charge in [0.25, 0.3) is 0 Å². The zero-order valence-corrected chi connectivity index (χ0v) is 12.9. The van der Waals surface area contributed by atoms with E-state index < -0.39 is 5.97 Å². The minimum Gasteiger partial charge on any atom is -0.481 e. The summed E-state index contributed by atoms with van der Waals surface area (Å²) in [5.41, 5.74) is 0. The summed E-state index contributed by atoms with van der Waals surface area (Å²) in [4.78, 5) is 11.0. The molecule has 1 aliphatic carbocycles. The molecule has 6 heteroatoms. The van der Waals surface area contributed by atoms with Gasteiger partial charge in [-0.05, 0) is 35.6 Å². The van der Waals surface area contributed by atoms with Crippen molar-refractivity contribution in [2.75, 3.05) is 0 Å². The number of carboxylic acids is 1. The van der Waals surface area contributed by atoms with Gasteiger partial charge in [0.15, 0.2) is 5.82 Å². The van der Waals surface area contributed by atoms with Crippen LogP contribution in [0, 0.1) is 5.92 Å². The first-order chi connectivity index (χ1) is 10.2. The number of hydrogen-bond donors (Lipinski definition) is 1. The first-order valence-electron chi connectivity index (χ1n) is 8.21. The Labute approximate surface area is 125 Å². The lowest BCUT2D eigenvalue weighted by Crippen LogP contribution is -2.19. The Kier molecular flexibility index (Phi) is 6.14. The predicted molar refractivity (Wildman–Crippen MR) is 78.9 cm³/mol. The Morgan fingerprint density at radius 1 is 1.29 bits per heavy atom. The van der Waals surface area contributed by atoms with E-state index in [1.54, 1.807) is 4.68 Å². The molecule has 1 aromatic rings. The lowest BCUT2D eigenvalue weighted by Gasteiger charge is -2.15. The number of aromatic nitrogens is 4. The number of aliphatic carboxylic acids is 1. The molecule has 1 aromatic heterocycles. The van der Waals surface area contributed by atoms with E-state index in [-0.39, 0.29) is 12.5 Å². The molecule has 2 rings (SSSR count). The van der Waals surface area contributed by atoms with E-state index in [9.17, 15) is 4.79 Å². The Balaban J connectivity index is 1.83. The van der Waals surface area contributed by atoms with Crippen LogP contribution in [0.3, 0.4) is 0 Å². The summed E-state index contributed by atoms with van der Waals surface area (Å²) >= 11 is 0. The highest BCUT2D eigenvalue weighted by Crippen LogP contribution is 2.41. The fraction of sp³-hybridized carbons (Fsp3) is 0.867. The molecule has 0 amide bonds. The van der Waals surface area contributed by atoms with Crippen molar-refractivity contribution in [2.24, 2.45) is 5.92 Å². The van der Waals surface area contributed by atoms with Crippen molar-refractivity contribution in [1.82, 2.24) is 20.2 Å². The summed E-state index contributed by atoms with van der Waals surface area (Å²) in [6.45, 7) is 2.22. The van der Waals surface area contributed by atoms with Crippen molar-refractivity contribution in [3.63, 3.8) is 0 Å². The van der Waals surface area contributed by atoms with Crippen LogP contribution in [0.2, 0.25) is 0 Å². The lowest BCUT2D eigenvalue weighted by atomic mass is 10.1. The maximum atomic E-state index is 11.0. The Bertz CT molecular complexity index is 443. The number of hydrogen-bond acceptors (Lipinski definition) is 4. The van der Waals surface area contributed by atoms with Crippen LogP contribution in [0.1, 0.15) is 76.6 Å².